The molecule has 1 nitrogen and oxygen atoms in total. The van der Waals surface area contributed by atoms with Crippen LogP contribution in [0.25, 0.3) is 0 Å². The molecule has 5 unspecified atom stereocenters. The van der Waals surface area contributed by atoms with Gasteiger partial charge in [0.1, 0.15) is 0 Å². The lowest BCUT2D eigenvalue weighted by Crippen LogP contribution is -2.49. The summed E-state index contributed by atoms with van der Waals surface area (Å²) < 4.78 is 0. The van der Waals surface area contributed by atoms with E-state index >= 15 is 0 Å². The van der Waals surface area contributed by atoms with Gasteiger partial charge in [-0.1, -0.05) is 60.1 Å². The molecule has 0 radical (unpaired) electrons. The van der Waals surface area contributed by atoms with Crippen molar-refractivity contribution in [1.29, 1.82) is 0 Å². The average Bonchev–Trinajstić information content (AvgIpc) is 2.77. The van der Waals surface area contributed by atoms with Crippen molar-refractivity contribution in [3.05, 3.63) is 12.2 Å². The Balaban J connectivity index is 1.89. The Bertz CT molecular complexity index is 420. The minimum atomic E-state index is 0.0559. The number of hydrogen-bond acceptors (Lipinski definition) is 1. The third-order valence-corrected chi connectivity index (χ3v) is 11.6. The van der Waals surface area contributed by atoms with Crippen molar-refractivity contribution in [2.75, 3.05) is 12.7 Å². The molecular weight excluding hydrogens is 273 g/mol. The molecule has 2 heterocycles. The first kappa shape index (κ1) is 16.0. The van der Waals surface area contributed by atoms with Gasteiger partial charge in [-0.2, -0.15) is 0 Å². The lowest BCUT2D eigenvalue weighted by molar-refractivity contribution is 0.0415. The Hall–Kier alpha value is 0.130. The molecule has 1 aliphatic carbocycles. The molecule has 0 spiro atoms. The maximum Gasteiger partial charge on any atom is 0.00858 e. The third kappa shape index (κ3) is 2.34. The molecule has 0 aromatic rings. The second-order valence-corrected chi connectivity index (χ2v) is 11.5. The summed E-state index contributed by atoms with van der Waals surface area (Å²) in [7, 11) is 0.0559. The fraction of sp³-hybridized carbons (Fsp3) is 0.895. The third-order valence-electron chi connectivity index (χ3n) is 7.67. The lowest BCUT2D eigenvalue weighted by Gasteiger charge is -2.56. The monoisotopic (exact) mass is 307 g/mol. The van der Waals surface area contributed by atoms with Crippen molar-refractivity contribution in [3.8, 4) is 0 Å². The molecule has 6 atom stereocenters. The lowest BCUT2D eigenvalue weighted by atomic mass is 9.59. The molecule has 3 rings (SSSR count). The Morgan fingerprint density at radius 3 is 2.67 bits per heavy atom. The average molecular weight is 307 g/mol. The van der Waals surface area contributed by atoms with Crippen molar-refractivity contribution in [1.82, 2.24) is 0 Å². The van der Waals surface area contributed by atoms with Gasteiger partial charge in [-0.15, -0.1) is 0 Å². The topological polar surface area (TPSA) is 26.0 Å². The van der Waals surface area contributed by atoms with Crippen LogP contribution in [0.4, 0.5) is 0 Å². The van der Waals surface area contributed by atoms with Crippen molar-refractivity contribution >= 4 is 7.92 Å². The van der Waals surface area contributed by atoms with Crippen LogP contribution in [0.2, 0.25) is 0 Å². The molecular formula is C19H34NP. The van der Waals surface area contributed by atoms with E-state index in [4.69, 9.17) is 5.73 Å². The molecule has 2 saturated heterocycles. The van der Waals surface area contributed by atoms with Gasteiger partial charge >= 0.3 is 0 Å². The zero-order valence-electron chi connectivity index (χ0n) is 14.3. The zero-order valence-corrected chi connectivity index (χ0v) is 15.2. The smallest absolute Gasteiger partial charge is 0.00858 e. The molecule has 120 valence electrons. The van der Waals surface area contributed by atoms with E-state index in [-0.39, 0.29) is 7.92 Å². The van der Waals surface area contributed by atoms with Gasteiger partial charge in [0.2, 0.25) is 0 Å². The minimum Gasteiger partial charge on any atom is -0.330 e. The van der Waals surface area contributed by atoms with Crippen LogP contribution in [0.15, 0.2) is 12.2 Å². The first-order valence-corrected chi connectivity index (χ1v) is 10.7. The molecule has 3 fully saturated rings. The minimum absolute atomic E-state index is 0.0559. The molecule has 21 heavy (non-hydrogen) atoms. The van der Waals surface area contributed by atoms with Gasteiger partial charge in [0, 0.05) is 5.16 Å². The summed E-state index contributed by atoms with van der Waals surface area (Å²) in [4.78, 5) is 0. The normalized spacial score (nSPS) is 51.0. The highest BCUT2D eigenvalue weighted by Crippen LogP contribution is 2.71. The molecule has 2 aliphatic heterocycles. The first-order valence-electron chi connectivity index (χ1n) is 9.08. The van der Waals surface area contributed by atoms with Crippen LogP contribution in [0, 0.1) is 17.3 Å². The molecule has 3 aliphatic rings. The standard InChI is InChI=1S/C19H34NP/c1-14-7-5-6-10-18(14,3)16-8-11-19(4)15(2)9-12-21(19)17(16)13-20/h14,16-17H,2,5-13,20H2,1,3-4H3/t14?,16?,17-,18?,19?,21?/m1/s1. The van der Waals surface area contributed by atoms with Crippen LogP contribution in [0.1, 0.15) is 65.7 Å². The second-order valence-electron chi connectivity index (χ2n) is 8.42. The van der Waals surface area contributed by atoms with E-state index in [2.05, 4.69) is 27.4 Å². The van der Waals surface area contributed by atoms with E-state index in [1.54, 1.807) is 5.57 Å². The highest BCUT2D eigenvalue weighted by atomic mass is 31.1. The maximum atomic E-state index is 6.35. The molecule has 2 N–H and O–H groups in total. The summed E-state index contributed by atoms with van der Waals surface area (Å²) in [5.74, 6) is 1.76. The van der Waals surface area contributed by atoms with Crippen LogP contribution < -0.4 is 5.73 Å². The van der Waals surface area contributed by atoms with E-state index in [0.29, 0.717) is 10.6 Å². The van der Waals surface area contributed by atoms with Crippen LogP contribution in [-0.2, 0) is 0 Å². The summed E-state index contributed by atoms with van der Waals surface area (Å²) in [6.07, 6.45) is 11.2. The molecule has 0 aromatic carbocycles. The van der Waals surface area contributed by atoms with Gasteiger partial charge in [-0.25, -0.2) is 0 Å². The summed E-state index contributed by atoms with van der Waals surface area (Å²) in [5.41, 5.74) is 9.25. The van der Waals surface area contributed by atoms with Crippen molar-refractivity contribution in [2.24, 2.45) is 23.0 Å². The number of rotatable bonds is 2. The highest BCUT2D eigenvalue weighted by molar-refractivity contribution is 7.61. The van der Waals surface area contributed by atoms with Crippen LogP contribution in [0.5, 0.6) is 0 Å². The van der Waals surface area contributed by atoms with Crippen molar-refractivity contribution in [3.63, 3.8) is 0 Å². The highest BCUT2D eigenvalue weighted by Gasteiger charge is 2.54. The van der Waals surface area contributed by atoms with Gasteiger partial charge < -0.3 is 5.73 Å². The van der Waals surface area contributed by atoms with Crippen molar-refractivity contribution < 1.29 is 0 Å². The van der Waals surface area contributed by atoms with Crippen LogP contribution in [0.3, 0.4) is 0 Å². The van der Waals surface area contributed by atoms with E-state index in [1.165, 1.54) is 51.1 Å². The Labute approximate surface area is 132 Å². The SMILES string of the molecule is C=C1CCP2[C@H](CN)C(C3(C)CCCCC3C)CCC12C. The van der Waals surface area contributed by atoms with Crippen molar-refractivity contribution in [2.45, 2.75) is 76.5 Å². The van der Waals surface area contributed by atoms with Crippen LogP contribution in [-0.4, -0.2) is 23.5 Å². The maximum absolute atomic E-state index is 6.35. The molecule has 0 bridgehead atoms. The Morgan fingerprint density at radius 1 is 1.24 bits per heavy atom. The molecule has 2 heteroatoms. The first-order chi connectivity index (χ1) is 9.93. The van der Waals surface area contributed by atoms with E-state index in [9.17, 15) is 0 Å². The second kappa shape index (κ2) is 5.64. The van der Waals surface area contributed by atoms with E-state index < -0.39 is 0 Å². The number of allylic oxidation sites excluding steroid dienone is 1. The largest absolute Gasteiger partial charge is 0.330 e. The Morgan fingerprint density at radius 2 is 2.00 bits per heavy atom. The van der Waals surface area contributed by atoms with E-state index in [1.807, 2.05) is 0 Å². The number of nitrogens with two attached hydrogens (primary N) is 1. The zero-order chi connectivity index (χ0) is 15.3. The van der Waals surface area contributed by atoms with Gasteiger partial charge in [-0.3, -0.25) is 0 Å². The molecule has 0 amide bonds. The molecule has 1 saturated carbocycles. The fourth-order valence-corrected chi connectivity index (χ4v) is 10.00. The van der Waals surface area contributed by atoms with Gasteiger partial charge in [0.15, 0.2) is 0 Å². The quantitative estimate of drug-likeness (QED) is 0.555. The predicted octanol–water partition coefficient (Wildman–Crippen LogP) is 5.14. The van der Waals surface area contributed by atoms with Crippen LogP contribution >= 0.6 is 7.92 Å². The summed E-state index contributed by atoms with van der Waals surface area (Å²) in [6.45, 7) is 13.0. The van der Waals surface area contributed by atoms with Gasteiger partial charge in [-0.05, 0) is 61.3 Å². The van der Waals surface area contributed by atoms with E-state index in [0.717, 1.165) is 24.0 Å². The predicted molar refractivity (Wildman–Crippen MR) is 95.3 cm³/mol. The number of hydrogen-bond donors (Lipinski definition) is 1. The summed E-state index contributed by atoms with van der Waals surface area (Å²) in [6, 6.07) is 0. The summed E-state index contributed by atoms with van der Waals surface area (Å²) >= 11 is 0. The Kier molecular flexibility index (Phi) is 4.30. The number of fused-ring (bicyclic) bond motifs is 1. The fourth-order valence-electron chi connectivity index (χ4n) is 5.82. The van der Waals surface area contributed by atoms with Gasteiger partial charge in [0.25, 0.3) is 0 Å². The molecule has 0 aromatic heterocycles. The summed E-state index contributed by atoms with van der Waals surface area (Å²) in [5, 5.41) is 0.462. The van der Waals surface area contributed by atoms with Gasteiger partial charge in [0.05, 0.1) is 0 Å².